The first kappa shape index (κ1) is 19.8. The van der Waals surface area contributed by atoms with Gasteiger partial charge in [-0.15, -0.1) is 6.42 Å². The van der Waals surface area contributed by atoms with E-state index >= 15 is 0 Å². The third-order valence-electron chi connectivity index (χ3n) is 4.64. The number of amidine groups is 1. The van der Waals surface area contributed by atoms with E-state index < -0.39 is 17.3 Å². The molecule has 0 saturated heterocycles. The molecule has 1 aliphatic heterocycles. The second-order valence-electron chi connectivity index (χ2n) is 6.66. The van der Waals surface area contributed by atoms with Crippen molar-refractivity contribution in [2.24, 2.45) is 10.7 Å². The second kappa shape index (κ2) is 7.61. The number of halogens is 1. The zero-order valence-electron chi connectivity index (χ0n) is 15.9. The number of benzene rings is 1. The predicted octanol–water partition coefficient (Wildman–Crippen LogP) is 2.32. The molecule has 0 spiro atoms. The predicted molar refractivity (Wildman–Crippen MR) is 105 cm³/mol. The van der Waals surface area contributed by atoms with Gasteiger partial charge in [0.1, 0.15) is 23.7 Å². The molecule has 2 aromatic rings. The van der Waals surface area contributed by atoms with E-state index in [2.05, 4.69) is 15.9 Å². The highest BCUT2D eigenvalue weighted by Crippen LogP contribution is 2.37. The highest BCUT2D eigenvalue weighted by atomic mass is 19.1. The molecule has 1 aromatic carbocycles. The van der Waals surface area contributed by atoms with Crippen LogP contribution in [0.2, 0.25) is 0 Å². The van der Waals surface area contributed by atoms with Gasteiger partial charge in [0.2, 0.25) is 0 Å². The molecule has 2 heterocycles. The molecule has 146 valence electrons. The van der Waals surface area contributed by atoms with Gasteiger partial charge in [0.15, 0.2) is 5.54 Å². The Labute approximate surface area is 167 Å². The zero-order valence-corrected chi connectivity index (χ0v) is 15.9. The van der Waals surface area contributed by atoms with Gasteiger partial charge in [-0.1, -0.05) is 5.92 Å². The van der Waals surface area contributed by atoms with Crippen LogP contribution >= 0.6 is 0 Å². The number of pyridine rings is 1. The van der Waals surface area contributed by atoms with Gasteiger partial charge in [-0.2, -0.15) is 5.26 Å². The molecule has 7 nitrogen and oxygen atoms in total. The van der Waals surface area contributed by atoms with Gasteiger partial charge in [0, 0.05) is 30.9 Å². The van der Waals surface area contributed by atoms with E-state index in [1.54, 1.807) is 6.92 Å². The minimum atomic E-state index is -1.33. The minimum absolute atomic E-state index is 0.113. The van der Waals surface area contributed by atoms with E-state index in [-0.39, 0.29) is 29.8 Å². The number of carbonyl (C=O) groups excluding carboxylic acids is 1. The van der Waals surface area contributed by atoms with Crippen molar-refractivity contribution in [2.75, 3.05) is 11.9 Å². The van der Waals surface area contributed by atoms with Crippen LogP contribution < -0.4 is 10.6 Å². The third kappa shape index (κ3) is 3.74. The van der Waals surface area contributed by atoms with E-state index in [4.69, 9.17) is 22.2 Å². The van der Waals surface area contributed by atoms with E-state index in [1.807, 2.05) is 6.07 Å². The molecule has 3 rings (SSSR count). The molecule has 1 amide bonds. The quantitative estimate of drug-likeness (QED) is 0.809. The fourth-order valence-corrected chi connectivity index (χ4v) is 3.18. The molecular formula is C21H18FN5O2. The fraction of sp³-hybridized carbons (Fsp3) is 0.238. The lowest BCUT2D eigenvalue weighted by atomic mass is 9.84. The van der Waals surface area contributed by atoms with E-state index in [0.29, 0.717) is 11.3 Å². The van der Waals surface area contributed by atoms with Crippen molar-refractivity contribution in [3.63, 3.8) is 0 Å². The van der Waals surface area contributed by atoms with Gasteiger partial charge < -0.3 is 15.4 Å². The lowest BCUT2D eigenvalue weighted by Crippen LogP contribution is -2.39. The van der Waals surface area contributed by atoms with Gasteiger partial charge >= 0.3 is 0 Å². The number of aliphatic imine (C=N–C) groups is 1. The number of ether oxygens (including phenoxy) is 1. The molecular weight excluding hydrogens is 373 g/mol. The summed E-state index contributed by atoms with van der Waals surface area (Å²) in [4.78, 5) is 22.3. The number of nitrogens with two attached hydrogens (primary N) is 1. The summed E-state index contributed by atoms with van der Waals surface area (Å²) in [5, 5.41) is 8.85. The molecule has 1 aliphatic rings. The summed E-state index contributed by atoms with van der Waals surface area (Å²) < 4.78 is 20.0. The van der Waals surface area contributed by atoms with Crippen molar-refractivity contribution in [1.82, 2.24) is 4.98 Å². The zero-order chi connectivity index (χ0) is 21.2. The summed E-state index contributed by atoms with van der Waals surface area (Å²) in [7, 11) is 1.53. The fourth-order valence-electron chi connectivity index (χ4n) is 3.18. The number of anilines is 1. The summed E-state index contributed by atoms with van der Waals surface area (Å²) in [5.74, 6) is 1.55. The SMILES string of the molecule is C#CC1(c2cc(N(C)C(=O)c3ccc(C#N)cn3)ccc2F)CC(C)OC(N)=N1. The summed E-state index contributed by atoms with van der Waals surface area (Å²) in [6, 6.07) is 8.94. The van der Waals surface area contributed by atoms with Crippen molar-refractivity contribution in [1.29, 1.82) is 5.26 Å². The molecule has 0 saturated carbocycles. The Morgan fingerprint density at radius 3 is 2.79 bits per heavy atom. The average molecular weight is 391 g/mol. The van der Waals surface area contributed by atoms with Crippen LogP contribution in [0.5, 0.6) is 0 Å². The third-order valence-corrected chi connectivity index (χ3v) is 4.64. The standard InChI is InChI=1S/C21H18FN5O2/c1-4-21(10-13(2)29-20(24)26-21)16-9-15(6-7-17(16)22)27(3)19(28)18-8-5-14(11-23)12-25-18/h1,5-9,12-13H,10H2,2-3H3,(H2,24,26). The Kier molecular flexibility index (Phi) is 5.20. The van der Waals surface area contributed by atoms with Gasteiger partial charge in [-0.25, -0.2) is 14.4 Å². The van der Waals surface area contributed by atoms with Crippen LogP contribution in [0.1, 0.15) is 35.0 Å². The van der Waals surface area contributed by atoms with E-state index in [0.717, 1.165) is 0 Å². The molecule has 0 bridgehead atoms. The van der Waals surface area contributed by atoms with Crippen LogP contribution in [0.15, 0.2) is 41.5 Å². The van der Waals surface area contributed by atoms with Crippen LogP contribution in [0.3, 0.4) is 0 Å². The maximum atomic E-state index is 14.7. The summed E-state index contributed by atoms with van der Waals surface area (Å²) in [6.45, 7) is 1.77. The van der Waals surface area contributed by atoms with Crippen molar-refractivity contribution in [2.45, 2.75) is 25.0 Å². The van der Waals surface area contributed by atoms with Crippen molar-refractivity contribution < 1.29 is 13.9 Å². The first-order valence-electron chi connectivity index (χ1n) is 8.73. The number of nitriles is 1. The Bertz CT molecular complexity index is 1070. The number of aromatic nitrogens is 1. The monoisotopic (exact) mass is 391 g/mol. The molecule has 0 aliphatic carbocycles. The lowest BCUT2D eigenvalue weighted by Gasteiger charge is -2.33. The van der Waals surface area contributed by atoms with E-state index in [9.17, 15) is 9.18 Å². The Morgan fingerprint density at radius 2 is 2.21 bits per heavy atom. The average Bonchev–Trinajstić information content (AvgIpc) is 2.72. The molecule has 2 atom stereocenters. The Balaban J connectivity index is 2.00. The normalized spacial score (nSPS) is 20.6. The summed E-state index contributed by atoms with van der Waals surface area (Å²) in [5.41, 5.74) is 5.40. The number of terminal acetylenes is 1. The number of amides is 1. The molecule has 2 N–H and O–H groups in total. The lowest BCUT2D eigenvalue weighted by molar-refractivity contribution is 0.0988. The minimum Gasteiger partial charge on any atom is -0.462 e. The largest absolute Gasteiger partial charge is 0.462 e. The van der Waals surface area contributed by atoms with Crippen molar-refractivity contribution in [3.8, 4) is 18.4 Å². The first-order chi connectivity index (χ1) is 13.8. The number of carbonyl (C=O) groups is 1. The van der Waals surface area contributed by atoms with Gasteiger partial charge in [-0.05, 0) is 37.3 Å². The van der Waals surface area contributed by atoms with Crippen molar-refractivity contribution in [3.05, 3.63) is 59.2 Å². The smallest absolute Gasteiger partial charge is 0.284 e. The van der Waals surface area contributed by atoms with Crippen LogP contribution in [-0.4, -0.2) is 30.1 Å². The number of hydrogen-bond acceptors (Lipinski definition) is 6. The van der Waals surface area contributed by atoms with Gasteiger partial charge in [0.25, 0.3) is 11.9 Å². The number of nitrogens with zero attached hydrogens (tertiary/aromatic N) is 4. The Morgan fingerprint density at radius 1 is 1.45 bits per heavy atom. The molecule has 2 unspecified atom stereocenters. The van der Waals surface area contributed by atoms with E-state index in [1.165, 1.54) is 48.5 Å². The van der Waals surface area contributed by atoms with Crippen molar-refractivity contribution >= 4 is 17.6 Å². The Hall–Kier alpha value is -3.91. The number of hydrogen-bond donors (Lipinski definition) is 1. The maximum Gasteiger partial charge on any atom is 0.284 e. The summed E-state index contributed by atoms with van der Waals surface area (Å²) >= 11 is 0. The van der Waals surface area contributed by atoms with Gasteiger partial charge in [-0.3, -0.25) is 4.79 Å². The number of rotatable bonds is 3. The molecule has 0 radical (unpaired) electrons. The highest BCUT2D eigenvalue weighted by molar-refractivity contribution is 6.04. The molecule has 0 fully saturated rings. The molecule has 29 heavy (non-hydrogen) atoms. The highest BCUT2D eigenvalue weighted by Gasteiger charge is 2.39. The molecule has 8 heteroatoms. The van der Waals surface area contributed by atoms with Crippen LogP contribution in [-0.2, 0) is 10.3 Å². The second-order valence-corrected chi connectivity index (χ2v) is 6.66. The van der Waals surface area contributed by atoms with Gasteiger partial charge in [0.05, 0.1) is 5.56 Å². The van der Waals surface area contributed by atoms with Crippen LogP contribution in [0.4, 0.5) is 10.1 Å². The molecule has 1 aromatic heterocycles. The maximum absolute atomic E-state index is 14.7. The first-order valence-corrected chi connectivity index (χ1v) is 8.73. The van der Waals surface area contributed by atoms with Crippen LogP contribution in [0.25, 0.3) is 0 Å². The topological polar surface area (TPSA) is 105 Å². The van der Waals surface area contributed by atoms with Crippen LogP contribution in [0, 0.1) is 29.5 Å². The summed E-state index contributed by atoms with van der Waals surface area (Å²) in [6.07, 6.45) is 6.91.